The molecular weight excluding hydrogens is 348 g/mol. The zero-order valence-electron chi connectivity index (χ0n) is 15.1. The number of carbonyl (C=O) groups excluding carboxylic acids is 1. The van der Waals surface area contributed by atoms with Crippen LogP contribution in [0.15, 0.2) is 42.5 Å². The maximum Gasteiger partial charge on any atom is 0.267 e. The highest BCUT2D eigenvalue weighted by Gasteiger charge is 2.17. The Kier molecular flexibility index (Phi) is 5.23. The molecule has 0 aliphatic rings. The molecule has 3 rings (SSSR count). The fraction of sp³-hybridized carbons (Fsp3) is 0.200. The lowest BCUT2D eigenvalue weighted by Gasteiger charge is -2.08. The Balaban J connectivity index is 1.88. The Hall–Kier alpha value is -2.86. The van der Waals surface area contributed by atoms with Gasteiger partial charge in [-0.2, -0.15) is 0 Å². The van der Waals surface area contributed by atoms with Gasteiger partial charge in [0.05, 0.1) is 19.9 Å². The van der Waals surface area contributed by atoms with Gasteiger partial charge in [0, 0.05) is 11.3 Å². The Morgan fingerprint density at radius 2 is 1.81 bits per heavy atom. The molecule has 1 aromatic heterocycles. The lowest BCUT2D eigenvalue weighted by Crippen LogP contribution is -2.11. The number of rotatable bonds is 5. The summed E-state index contributed by atoms with van der Waals surface area (Å²) in [7, 11) is 3.19. The fourth-order valence-electron chi connectivity index (χ4n) is 2.61. The second-order valence-corrected chi connectivity index (χ2v) is 6.83. The van der Waals surface area contributed by atoms with E-state index in [1.807, 2.05) is 56.3 Å². The molecule has 0 unspecified atom stereocenters. The standard InChI is InChI=1S/C20H20N2O3S/c1-12-6-5-7-15(10-12)22-19(23)18-13(2)21-20(26-18)14-8-9-16(24-3)17(11-14)25-4/h5-11H,1-4H3,(H,22,23). The predicted molar refractivity (Wildman–Crippen MR) is 105 cm³/mol. The number of carbonyl (C=O) groups is 1. The number of nitrogens with zero attached hydrogens (tertiary/aromatic N) is 1. The summed E-state index contributed by atoms with van der Waals surface area (Å²) in [6, 6.07) is 13.3. The molecule has 6 heteroatoms. The normalized spacial score (nSPS) is 10.5. The third-order valence-electron chi connectivity index (χ3n) is 3.91. The minimum absolute atomic E-state index is 0.155. The molecule has 0 aliphatic heterocycles. The molecule has 0 saturated carbocycles. The summed E-state index contributed by atoms with van der Waals surface area (Å²) >= 11 is 1.36. The smallest absolute Gasteiger partial charge is 0.267 e. The number of anilines is 1. The third kappa shape index (κ3) is 3.70. The van der Waals surface area contributed by atoms with E-state index < -0.39 is 0 Å². The summed E-state index contributed by atoms with van der Waals surface area (Å²) in [6.45, 7) is 3.83. The average molecular weight is 368 g/mol. The van der Waals surface area contributed by atoms with Crippen LogP contribution in [-0.4, -0.2) is 25.1 Å². The van der Waals surface area contributed by atoms with Crippen molar-refractivity contribution in [2.45, 2.75) is 13.8 Å². The first kappa shape index (κ1) is 17.9. The maximum absolute atomic E-state index is 12.6. The van der Waals surface area contributed by atoms with Gasteiger partial charge in [-0.25, -0.2) is 4.98 Å². The van der Waals surface area contributed by atoms with Gasteiger partial charge in [-0.05, 0) is 49.7 Å². The van der Waals surface area contributed by atoms with E-state index in [4.69, 9.17) is 9.47 Å². The van der Waals surface area contributed by atoms with Gasteiger partial charge < -0.3 is 14.8 Å². The molecule has 1 heterocycles. The number of aromatic nitrogens is 1. The van der Waals surface area contributed by atoms with Crippen LogP contribution in [-0.2, 0) is 0 Å². The van der Waals surface area contributed by atoms with Gasteiger partial charge in [-0.15, -0.1) is 11.3 Å². The largest absolute Gasteiger partial charge is 0.493 e. The zero-order chi connectivity index (χ0) is 18.7. The van der Waals surface area contributed by atoms with Crippen LogP contribution in [0.1, 0.15) is 20.9 Å². The van der Waals surface area contributed by atoms with Crippen molar-refractivity contribution in [3.8, 4) is 22.1 Å². The highest BCUT2D eigenvalue weighted by Crippen LogP contribution is 2.35. The van der Waals surface area contributed by atoms with Crippen molar-refractivity contribution in [2.24, 2.45) is 0 Å². The molecule has 0 fully saturated rings. The van der Waals surface area contributed by atoms with Gasteiger partial charge in [0.25, 0.3) is 5.91 Å². The van der Waals surface area contributed by atoms with Crippen LogP contribution in [0.5, 0.6) is 11.5 Å². The maximum atomic E-state index is 12.6. The monoisotopic (exact) mass is 368 g/mol. The summed E-state index contributed by atoms with van der Waals surface area (Å²) in [5.74, 6) is 1.13. The summed E-state index contributed by atoms with van der Waals surface area (Å²) in [6.07, 6.45) is 0. The second kappa shape index (κ2) is 7.58. The molecule has 0 atom stereocenters. The van der Waals surface area contributed by atoms with E-state index in [1.165, 1.54) is 11.3 Å². The number of ether oxygens (including phenoxy) is 2. The highest BCUT2D eigenvalue weighted by molar-refractivity contribution is 7.17. The van der Waals surface area contributed by atoms with Crippen molar-refractivity contribution in [3.63, 3.8) is 0 Å². The predicted octanol–water partition coefficient (Wildman–Crippen LogP) is 4.70. The fourth-order valence-corrected chi connectivity index (χ4v) is 3.57. The number of nitrogens with one attached hydrogen (secondary N) is 1. The van der Waals surface area contributed by atoms with Gasteiger partial charge in [0.1, 0.15) is 9.88 Å². The average Bonchev–Trinajstić information content (AvgIpc) is 3.03. The van der Waals surface area contributed by atoms with E-state index >= 15 is 0 Å². The zero-order valence-corrected chi connectivity index (χ0v) is 15.9. The van der Waals surface area contributed by atoms with E-state index in [0.717, 1.165) is 21.8 Å². The summed E-state index contributed by atoms with van der Waals surface area (Å²) in [5.41, 5.74) is 3.45. The number of methoxy groups -OCH3 is 2. The number of aryl methyl sites for hydroxylation is 2. The minimum atomic E-state index is -0.155. The number of hydrogen-bond donors (Lipinski definition) is 1. The van der Waals surface area contributed by atoms with Crippen LogP contribution in [0.4, 0.5) is 5.69 Å². The number of amides is 1. The number of hydrogen-bond acceptors (Lipinski definition) is 5. The Bertz CT molecular complexity index is 950. The summed E-state index contributed by atoms with van der Waals surface area (Å²) in [5, 5.41) is 3.69. The molecule has 0 bridgehead atoms. The van der Waals surface area contributed by atoms with Crippen molar-refractivity contribution in [2.75, 3.05) is 19.5 Å². The quantitative estimate of drug-likeness (QED) is 0.709. The van der Waals surface area contributed by atoms with Crippen molar-refractivity contribution in [3.05, 3.63) is 58.6 Å². The van der Waals surface area contributed by atoms with Crippen LogP contribution < -0.4 is 14.8 Å². The number of thiazole rings is 1. The molecule has 1 N–H and O–H groups in total. The van der Waals surface area contributed by atoms with Crippen LogP contribution in [0.3, 0.4) is 0 Å². The lowest BCUT2D eigenvalue weighted by molar-refractivity contribution is 0.103. The molecule has 3 aromatic rings. The van der Waals surface area contributed by atoms with Crippen molar-refractivity contribution in [1.29, 1.82) is 0 Å². The van der Waals surface area contributed by atoms with Crippen molar-refractivity contribution >= 4 is 22.9 Å². The molecule has 0 radical (unpaired) electrons. The van der Waals surface area contributed by atoms with Gasteiger partial charge in [-0.1, -0.05) is 12.1 Å². The molecule has 134 valence electrons. The first-order valence-corrected chi connectivity index (χ1v) is 8.91. The number of benzene rings is 2. The first-order chi connectivity index (χ1) is 12.5. The molecular formula is C20H20N2O3S. The van der Waals surface area contributed by atoms with Crippen LogP contribution in [0.25, 0.3) is 10.6 Å². The Labute approximate surface area is 156 Å². The molecule has 2 aromatic carbocycles. The van der Waals surface area contributed by atoms with Gasteiger partial charge in [-0.3, -0.25) is 4.79 Å². The summed E-state index contributed by atoms with van der Waals surface area (Å²) < 4.78 is 10.6. The second-order valence-electron chi connectivity index (χ2n) is 5.83. The van der Waals surface area contributed by atoms with Crippen molar-refractivity contribution < 1.29 is 14.3 Å². The Morgan fingerprint density at radius 1 is 1.04 bits per heavy atom. The molecule has 0 saturated heterocycles. The SMILES string of the molecule is COc1ccc(-c2nc(C)c(C(=O)Nc3cccc(C)c3)s2)cc1OC. The van der Waals surface area contributed by atoms with Crippen LogP contribution in [0, 0.1) is 13.8 Å². The molecule has 0 aliphatic carbocycles. The van der Waals surface area contributed by atoms with Crippen molar-refractivity contribution in [1.82, 2.24) is 4.98 Å². The van der Waals surface area contributed by atoms with E-state index in [2.05, 4.69) is 10.3 Å². The van der Waals surface area contributed by atoms with Gasteiger partial charge in [0.15, 0.2) is 11.5 Å². The molecule has 1 amide bonds. The lowest BCUT2D eigenvalue weighted by atomic mass is 10.2. The van der Waals surface area contributed by atoms with Crippen LogP contribution >= 0.6 is 11.3 Å². The topological polar surface area (TPSA) is 60.5 Å². The molecule has 5 nitrogen and oxygen atoms in total. The molecule has 0 spiro atoms. The van der Waals surface area contributed by atoms with E-state index in [0.29, 0.717) is 22.1 Å². The van der Waals surface area contributed by atoms with Gasteiger partial charge >= 0.3 is 0 Å². The third-order valence-corrected chi connectivity index (χ3v) is 5.11. The van der Waals surface area contributed by atoms with E-state index in [9.17, 15) is 4.79 Å². The van der Waals surface area contributed by atoms with Gasteiger partial charge in [0.2, 0.25) is 0 Å². The molecule has 26 heavy (non-hydrogen) atoms. The van der Waals surface area contributed by atoms with E-state index in [1.54, 1.807) is 14.2 Å². The summed E-state index contributed by atoms with van der Waals surface area (Å²) in [4.78, 5) is 17.8. The van der Waals surface area contributed by atoms with E-state index in [-0.39, 0.29) is 5.91 Å². The minimum Gasteiger partial charge on any atom is -0.493 e. The Morgan fingerprint density at radius 3 is 2.50 bits per heavy atom. The highest BCUT2D eigenvalue weighted by atomic mass is 32.1. The van der Waals surface area contributed by atoms with Crippen LogP contribution in [0.2, 0.25) is 0 Å². The first-order valence-electron chi connectivity index (χ1n) is 8.09.